The van der Waals surface area contributed by atoms with Crippen LogP contribution in [-0.4, -0.2) is 31.7 Å². The molecule has 0 bridgehead atoms. The molecule has 3 aromatic rings. The normalized spacial score (nSPS) is 11.7. The van der Waals surface area contributed by atoms with Gasteiger partial charge in [-0.05, 0) is 55.5 Å². The molecule has 6 nitrogen and oxygen atoms in total. The van der Waals surface area contributed by atoms with E-state index in [-0.39, 0.29) is 16.4 Å². The molecule has 0 aliphatic heterocycles. The lowest BCUT2D eigenvalue weighted by atomic mass is 10.1. The van der Waals surface area contributed by atoms with Gasteiger partial charge in [0.1, 0.15) is 5.75 Å². The Labute approximate surface area is 178 Å². The highest BCUT2D eigenvalue weighted by Gasteiger charge is 2.26. The van der Waals surface area contributed by atoms with Crippen molar-refractivity contribution in [3.63, 3.8) is 0 Å². The predicted octanol–water partition coefficient (Wildman–Crippen LogP) is 4.97. The van der Waals surface area contributed by atoms with Crippen LogP contribution in [0.2, 0.25) is 0 Å². The van der Waals surface area contributed by atoms with Gasteiger partial charge in [-0.2, -0.15) is 17.6 Å². The summed E-state index contributed by atoms with van der Waals surface area (Å²) in [5, 5.41) is 2.80. The van der Waals surface area contributed by atoms with Gasteiger partial charge in [-0.3, -0.25) is 10.1 Å². The van der Waals surface area contributed by atoms with E-state index in [0.717, 1.165) is 29.1 Å². The molecule has 0 unspecified atom stereocenters. The number of hydrogen-bond acceptors (Lipinski definition) is 6. The van der Waals surface area contributed by atoms with Crippen molar-refractivity contribution in [2.24, 2.45) is 0 Å². The maximum Gasteiger partial charge on any atom is 0.387 e. The third-order valence-electron chi connectivity index (χ3n) is 4.05. The number of nitrogens with zero attached hydrogens (tertiary/aromatic N) is 1. The topological polar surface area (TPSA) is 85.4 Å². The van der Waals surface area contributed by atoms with E-state index >= 15 is 0 Å². The maximum absolute atomic E-state index is 12.6. The van der Waals surface area contributed by atoms with Crippen LogP contribution >= 0.6 is 11.3 Å². The maximum atomic E-state index is 12.6. The number of anilines is 1. The molecule has 1 amide bonds. The van der Waals surface area contributed by atoms with Crippen molar-refractivity contribution >= 4 is 32.2 Å². The fourth-order valence-electron chi connectivity index (χ4n) is 2.58. The lowest BCUT2D eigenvalue weighted by molar-refractivity contribution is -0.0498. The fourth-order valence-corrected chi connectivity index (χ4v) is 4.13. The number of carbonyl (C=O) groups is 1. The number of hydrogen-bond donors (Lipinski definition) is 1. The van der Waals surface area contributed by atoms with E-state index in [1.807, 2.05) is 0 Å². The van der Waals surface area contributed by atoms with Gasteiger partial charge in [0.05, 0.1) is 10.6 Å². The summed E-state index contributed by atoms with van der Waals surface area (Å²) in [4.78, 5) is 16.9. The van der Waals surface area contributed by atoms with Gasteiger partial charge in [0.25, 0.3) is 5.91 Å². The monoisotopic (exact) mass is 474 g/mol. The Hall–Kier alpha value is -2.99. The van der Waals surface area contributed by atoms with E-state index in [2.05, 4.69) is 15.0 Å². The second kappa shape index (κ2) is 9.02. The zero-order valence-corrected chi connectivity index (χ0v) is 17.3. The molecular formula is C19H14F4N2O4S2. The number of nitrogens with one attached hydrogen (secondary N) is 1. The molecule has 2 aromatic carbocycles. The molecule has 0 saturated carbocycles. The number of sulfone groups is 1. The summed E-state index contributed by atoms with van der Waals surface area (Å²) in [6.07, 6.45) is 0. The molecule has 0 saturated heterocycles. The van der Waals surface area contributed by atoms with Gasteiger partial charge in [0.15, 0.2) is 5.13 Å². The Morgan fingerprint density at radius 3 is 2.19 bits per heavy atom. The largest absolute Gasteiger partial charge is 0.435 e. The van der Waals surface area contributed by atoms with Gasteiger partial charge in [-0.25, -0.2) is 13.4 Å². The van der Waals surface area contributed by atoms with Crippen molar-refractivity contribution in [3.8, 4) is 17.0 Å². The molecule has 12 heteroatoms. The average Bonchev–Trinajstić information content (AvgIpc) is 3.08. The van der Waals surface area contributed by atoms with Gasteiger partial charge >= 0.3 is 12.4 Å². The van der Waals surface area contributed by atoms with Crippen molar-refractivity contribution in [2.45, 2.75) is 24.2 Å². The van der Waals surface area contributed by atoms with E-state index < -0.39 is 33.0 Å². The minimum Gasteiger partial charge on any atom is -0.435 e. The van der Waals surface area contributed by atoms with Crippen LogP contribution in [0.4, 0.5) is 22.7 Å². The summed E-state index contributed by atoms with van der Waals surface area (Å²) in [7, 11) is -4.75. The molecular weight excluding hydrogens is 460 g/mol. The number of alkyl halides is 4. The summed E-state index contributed by atoms with van der Waals surface area (Å²) in [5.74, 6) is -4.17. The quantitative estimate of drug-likeness (QED) is 0.489. The number of halogens is 4. The first-order chi connectivity index (χ1) is 14.6. The van der Waals surface area contributed by atoms with Crippen LogP contribution in [0.3, 0.4) is 0 Å². The van der Waals surface area contributed by atoms with Crippen LogP contribution in [0.5, 0.6) is 5.75 Å². The number of amides is 1. The van der Waals surface area contributed by atoms with Gasteiger partial charge < -0.3 is 4.74 Å². The Kier molecular flexibility index (Phi) is 6.60. The second-order valence-electron chi connectivity index (χ2n) is 6.11. The number of thiazole rings is 1. The minimum atomic E-state index is -4.75. The lowest BCUT2D eigenvalue weighted by Crippen LogP contribution is -2.14. The predicted molar refractivity (Wildman–Crippen MR) is 107 cm³/mol. The van der Waals surface area contributed by atoms with E-state index in [4.69, 9.17) is 0 Å². The second-order valence-corrected chi connectivity index (χ2v) is 9.23. The third-order valence-corrected chi connectivity index (χ3v) is 6.33. The number of ether oxygens (including phenoxy) is 1. The molecule has 164 valence electrons. The molecule has 0 aliphatic rings. The van der Waals surface area contributed by atoms with Crippen molar-refractivity contribution in [2.75, 3.05) is 5.32 Å². The van der Waals surface area contributed by atoms with Crippen LogP contribution in [0.25, 0.3) is 11.3 Å². The van der Waals surface area contributed by atoms with Gasteiger partial charge in [0, 0.05) is 16.0 Å². The molecule has 0 aliphatic carbocycles. The number of aromatic nitrogens is 1. The Bertz CT molecular complexity index is 1180. The van der Waals surface area contributed by atoms with Crippen LogP contribution < -0.4 is 10.1 Å². The molecule has 1 N–H and O–H groups in total. The minimum absolute atomic E-state index is 0.00235. The molecule has 3 rings (SSSR count). The van der Waals surface area contributed by atoms with E-state index in [1.165, 1.54) is 23.5 Å². The third kappa shape index (κ3) is 5.20. The van der Waals surface area contributed by atoms with Crippen molar-refractivity contribution in [1.29, 1.82) is 0 Å². The summed E-state index contributed by atoms with van der Waals surface area (Å²) in [6.45, 7) is -1.17. The van der Waals surface area contributed by atoms with E-state index in [0.29, 0.717) is 11.3 Å². The zero-order valence-electron chi connectivity index (χ0n) is 15.7. The van der Waals surface area contributed by atoms with Gasteiger partial charge in [-0.1, -0.05) is 0 Å². The summed E-state index contributed by atoms with van der Waals surface area (Å²) >= 11 is 1.17. The Balaban J connectivity index is 1.74. The van der Waals surface area contributed by atoms with Gasteiger partial charge in [0.2, 0.25) is 9.84 Å². The highest BCUT2D eigenvalue weighted by atomic mass is 32.2. The standard InChI is InChI=1S/C19H14F4N2O4S2/c1-10-15(11-2-6-13(7-3-11)29-17(20)21)24-19(30-10)25-16(26)12-4-8-14(9-5-12)31(27,28)18(22)23/h2-9,17-18H,1H3,(H,24,25,26). The number of benzene rings is 2. The zero-order chi connectivity index (χ0) is 22.8. The molecule has 31 heavy (non-hydrogen) atoms. The van der Waals surface area contributed by atoms with Crippen molar-refractivity contribution < 1.29 is 35.5 Å². The molecule has 1 heterocycles. The smallest absolute Gasteiger partial charge is 0.387 e. The van der Waals surface area contributed by atoms with Crippen LogP contribution in [-0.2, 0) is 9.84 Å². The Morgan fingerprint density at radius 2 is 1.65 bits per heavy atom. The SMILES string of the molecule is Cc1sc(NC(=O)c2ccc(S(=O)(=O)C(F)F)cc2)nc1-c1ccc(OC(F)F)cc1. The first-order valence-corrected chi connectivity index (χ1v) is 10.9. The highest BCUT2D eigenvalue weighted by molar-refractivity contribution is 7.91. The van der Waals surface area contributed by atoms with Crippen LogP contribution in [0, 0.1) is 6.92 Å². The van der Waals surface area contributed by atoms with Crippen LogP contribution in [0.15, 0.2) is 53.4 Å². The van der Waals surface area contributed by atoms with Crippen molar-refractivity contribution in [1.82, 2.24) is 4.98 Å². The highest BCUT2D eigenvalue weighted by Crippen LogP contribution is 2.32. The van der Waals surface area contributed by atoms with Crippen LogP contribution in [0.1, 0.15) is 15.2 Å². The first-order valence-electron chi connectivity index (χ1n) is 8.54. The summed E-state index contributed by atoms with van der Waals surface area (Å²) in [6, 6.07) is 9.93. The van der Waals surface area contributed by atoms with Crippen molar-refractivity contribution in [3.05, 3.63) is 59.0 Å². The molecule has 1 aromatic heterocycles. The number of aryl methyl sites for hydroxylation is 1. The summed E-state index contributed by atoms with van der Waals surface area (Å²) < 4.78 is 76.9. The van der Waals surface area contributed by atoms with Gasteiger partial charge in [-0.15, -0.1) is 11.3 Å². The molecule has 0 atom stereocenters. The summed E-state index contributed by atoms with van der Waals surface area (Å²) in [5.41, 5.74) is 1.20. The number of rotatable bonds is 7. The van der Waals surface area contributed by atoms with E-state index in [1.54, 1.807) is 19.1 Å². The molecule has 0 radical (unpaired) electrons. The van der Waals surface area contributed by atoms with E-state index in [9.17, 15) is 30.8 Å². The first kappa shape index (κ1) is 22.7. The molecule has 0 fully saturated rings. The number of carbonyl (C=O) groups excluding carboxylic acids is 1. The average molecular weight is 474 g/mol. The fraction of sp³-hybridized carbons (Fsp3) is 0.158. The lowest BCUT2D eigenvalue weighted by Gasteiger charge is -2.05. The molecule has 0 spiro atoms. The Morgan fingerprint density at radius 1 is 1.03 bits per heavy atom.